The molecule has 0 spiro atoms. The Morgan fingerprint density at radius 1 is 1.06 bits per heavy atom. The van der Waals surface area contributed by atoms with Gasteiger partial charge in [0.05, 0.1) is 13.2 Å². The molecule has 1 aliphatic carbocycles. The van der Waals surface area contributed by atoms with E-state index in [-0.39, 0.29) is 23.7 Å². The molecule has 0 bridgehead atoms. The van der Waals surface area contributed by atoms with Crippen molar-refractivity contribution >= 4 is 11.8 Å². The monoisotopic (exact) mass is 255 g/mol. The summed E-state index contributed by atoms with van der Waals surface area (Å²) in [7, 11) is 0. The minimum Gasteiger partial charge on any atom is -0.378 e. The Balaban J connectivity index is 1.81. The Bertz CT molecular complexity index is 308. The summed E-state index contributed by atoms with van der Waals surface area (Å²) in [5.74, 6) is 5.30. The second-order valence-electron chi connectivity index (χ2n) is 4.99. The molecule has 0 atom stereocenters. The number of morpholine rings is 1. The summed E-state index contributed by atoms with van der Waals surface area (Å²) in [4.78, 5) is 25.5. The molecule has 2 amide bonds. The Morgan fingerprint density at radius 2 is 1.61 bits per heavy atom. The molecule has 0 unspecified atom stereocenters. The van der Waals surface area contributed by atoms with Gasteiger partial charge in [-0.25, -0.2) is 5.84 Å². The van der Waals surface area contributed by atoms with Gasteiger partial charge in [0.2, 0.25) is 11.8 Å². The molecule has 1 saturated carbocycles. The van der Waals surface area contributed by atoms with Gasteiger partial charge < -0.3 is 9.64 Å². The lowest BCUT2D eigenvalue weighted by Crippen LogP contribution is -2.45. The molecule has 0 aromatic rings. The quantitative estimate of drug-likeness (QED) is 0.401. The van der Waals surface area contributed by atoms with Crippen LogP contribution in [0.25, 0.3) is 0 Å². The zero-order valence-corrected chi connectivity index (χ0v) is 10.6. The normalized spacial score (nSPS) is 28.8. The van der Waals surface area contributed by atoms with Gasteiger partial charge in [-0.1, -0.05) is 0 Å². The summed E-state index contributed by atoms with van der Waals surface area (Å²) >= 11 is 0. The first-order chi connectivity index (χ1) is 8.72. The molecule has 2 aliphatic rings. The first-order valence-corrected chi connectivity index (χ1v) is 6.59. The van der Waals surface area contributed by atoms with Gasteiger partial charge in [0, 0.05) is 24.9 Å². The van der Waals surface area contributed by atoms with Crippen LogP contribution in [-0.2, 0) is 14.3 Å². The van der Waals surface area contributed by atoms with E-state index < -0.39 is 0 Å². The molecular weight excluding hydrogens is 234 g/mol. The molecule has 2 fully saturated rings. The van der Waals surface area contributed by atoms with Crippen LogP contribution in [0.1, 0.15) is 25.7 Å². The van der Waals surface area contributed by atoms with E-state index >= 15 is 0 Å². The van der Waals surface area contributed by atoms with Crippen LogP contribution in [0.5, 0.6) is 0 Å². The fourth-order valence-electron chi connectivity index (χ4n) is 2.76. The maximum Gasteiger partial charge on any atom is 0.236 e. The zero-order chi connectivity index (χ0) is 13.0. The maximum absolute atomic E-state index is 12.2. The van der Waals surface area contributed by atoms with Crippen molar-refractivity contribution in [2.24, 2.45) is 17.7 Å². The lowest BCUT2D eigenvalue weighted by molar-refractivity contribution is -0.142. The van der Waals surface area contributed by atoms with Gasteiger partial charge in [-0.05, 0) is 25.7 Å². The molecule has 18 heavy (non-hydrogen) atoms. The van der Waals surface area contributed by atoms with Crippen molar-refractivity contribution in [3.8, 4) is 0 Å². The second-order valence-corrected chi connectivity index (χ2v) is 4.99. The van der Waals surface area contributed by atoms with Gasteiger partial charge in [0.15, 0.2) is 0 Å². The molecular formula is C12H21N3O3. The third-order valence-corrected chi connectivity index (χ3v) is 3.91. The van der Waals surface area contributed by atoms with Gasteiger partial charge in [0.1, 0.15) is 0 Å². The highest BCUT2D eigenvalue weighted by atomic mass is 16.5. The van der Waals surface area contributed by atoms with Crippen molar-refractivity contribution in [3.63, 3.8) is 0 Å². The summed E-state index contributed by atoms with van der Waals surface area (Å²) in [6, 6.07) is 0. The highest BCUT2D eigenvalue weighted by Crippen LogP contribution is 2.30. The number of ether oxygens (including phenoxy) is 1. The zero-order valence-electron chi connectivity index (χ0n) is 10.6. The Labute approximate surface area is 107 Å². The lowest BCUT2D eigenvalue weighted by Gasteiger charge is -2.33. The Morgan fingerprint density at radius 3 is 2.17 bits per heavy atom. The number of nitrogens with zero attached hydrogens (tertiary/aromatic N) is 1. The van der Waals surface area contributed by atoms with E-state index in [1.165, 1.54) is 0 Å². The number of carbonyl (C=O) groups excluding carboxylic acids is 2. The number of amides is 2. The average molecular weight is 255 g/mol. The standard InChI is InChI=1S/C12H21N3O3/c13-14-11(16)9-1-3-10(4-2-9)12(17)15-5-7-18-8-6-15/h9-10H,1-8,13H2,(H,14,16). The third kappa shape index (κ3) is 3.00. The molecule has 1 aliphatic heterocycles. The number of nitrogens with two attached hydrogens (primary N) is 1. The molecule has 2 rings (SSSR count). The molecule has 102 valence electrons. The smallest absolute Gasteiger partial charge is 0.236 e. The predicted molar refractivity (Wildman–Crippen MR) is 65.2 cm³/mol. The maximum atomic E-state index is 12.2. The molecule has 6 nitrogen and oxygen atoms in total. The van der Waals surface area contributed by atoms with Gasteiger partial charge in [-0.3, -0.25) is 15.0 Å². The summed E-state index contributed by atoms with van der Waals surface area (Å²) < 4.78 is 5.24. The number of hydrazine groups is 1. The molecule has 0 aromatic heterocycles. The SMILES string of the molecule is NNC(=O)C1CCC(C(=O)N2CCOCC2)CC1. The van der Waals surface area contributed by atoms with E-state index in [0.29, 0.717) is 26.3 Å². The number of rotatable bonds is 2. The van der Waals surface area contributed by atoms with Crippen molar-refractivity contribution in [2.45, 2.75) is 25.7 Å². The van der Waals surface area contributed by atoms with Crippen LogP contribution in [0.3, 0.4) is 0 Å². The summed E-state index contributed by atoms with van der Waals surface area (Å²) in [5.41, 5.74) is 2.19. The topological polar surface area (TPSA) is 84.7 Å². The van der Waals surface area contributed by atoms with Crippen molar-refractivity contribution in [2.75, 3.05) is 26.3 Å². The van der Waals surface area contributed by atoms with Crippen LogP contribution in [0, 0.1) is 11.8 Å². The van der Waals surface area contributed by atoms with E-state index in [1.54, 1.807) is 0 Å². The third-order valence-electron chi connectivity index (χ3n) is 3.91. The number of nitrogens with one attached hydrogen (secondary N) is 1. The fraction of sp³-hybridized carbons (Fsp3) is 0.833. The molecule has 0 radical (unpaired) electrons. The Kier molecular flexibility index (Phi) is 4.54. The van der Waals surface area contributed by atoms with Gasteiger partial charge in [0.25, 0.3) is 0 Å². The predicted octanol–water partition coefficient (Wildman–Crippen LogP) is -0.359. The van der Waals surface area contributed by atoms with Crippen LogP contribution >= 0.6 is 0 Å². The minimum atomic E-state index is -0.104. The van der Waals surface area contributed by atoms with E-state index in [4.69, 9.17) is 10.6 Å². The molecule has 3 N–H and O–H groups in total. The van der Waals surface area contributed by atoms with E-state index in [9.17, 15) is 9.59 Å². The second kappa shape index (κ2) is 6.15. The largest absolute Gasteiger partial charge is 0.378 e. The molecule has 1 saturated heterocycles. The van der Waals surface area contributed by atoms with E-state index in [0.717, 1.165) is 25.7 Å². The lowest BCUT2D eigenvalue weighted by atomic mass is 9.81. The fourth-order valence-corrected chi connectivity index (χ4v) is 2.76. The summed E-state index contributed by atoms with van der Waals surface area (Å²) in [5, 5.41) is 0. The number of hydrogen-bond acceptors (Lipinski definition) is 4. The van der Waals surface area contributed by atoms with Crippen LogP contribution < -0.4 is 11.3 Å². The minimum absolute atomic E-state index is 0.0243. The number of hydrogen-bond donors (Lipinski definition) is 2. The molecule has 1 heterocycles. The van der Waals surface area contributed by atoms with E-state index in [2.05, 4.69) is 5.43 Å². The first-order valence-electron chi connectivity index (χ1n) is 6.59. The molecule has 0 aromatic carbocycles. The van der Waals surface area contributed by atoms with Crippen molar-refractivity contribution in [1.29, 1.82) is 0 Å². The van der Waals surface area contributed by atoms with Crippen molar-refractivity contribution in [1.82, 2.24) is 10.3 Å². The van der Waals surface area contributed by atoms with Crippen molar-refractivity contribution in [3.05, 3.63) is 0 Å². The Hall–Kier alpha value is -1.14. The average Bonchev–Trinajstić information content (AvgIpc) is 2.47. The van der Waals surface area contributed by atoms with Gasteiger partial charge in [-0.15, -0.1) is 0 Å². The van der Waals surface area contributed by atoms with Crippen LogP contribution in [0.15, 0.2) is 0 Å². The van der Waals surface area contributed by atoms with E-state index in [1.807, 2.05) is 4.90 Å². The number of carbonyl (C=O) groups is 2. The molecule has 6 heteroatoms. The van der Waals surface area contributed by atoms with Gasteiger partial charge in [-0.2, -0.15) is 0 Å². The van der Waals surface area contributed by atoms with Crippen LogP contribution in [0.4, 0.5) is 0 Å². The summed E-state index contributed by atoms with van der Waals surface area (Å²) in [6.07, 6.45) is 3.08. The highest BCUT2D eigenvalue weighted by Gasteiger charge is 2.32. The van der Waals surface area contributed by atoms with Crippen LogP contribution in [-0.4, -0.2) is 43.0 Å². The summed E-state index contributed by atoms with van der Waals surface area (Å²) in [6.45, 7) is 2.66. The highest BCUT2D eigenvalue weighted by molar-refractivity contribution is 5.81. The van der Waals surface area contributed by atoms with Crippen LogP contribution in [0.2, 0.25) is 0 Å². The first kappa shape index (κ1) is 13.3. The van der Waals surface area contributed by atoms with Crippen molar-refractivity contribution < 1.29 is 14.3 Å². The van der Waals surface area contributed by atoms with Gasteiger partial charge >= 0.3 is 0 Å².